The normalized spacial score (nSPS) is 10.5. The Balaban J connectivity index is 2.20. The Morgan fingerprint density at radius 1 is 0.395 bits per heavy atom. The Kier molecular flexibility index (Phi) is 7.77. The van der Waals surface area contributed by atoms with Gasteiger partial charge < -0.3 is 0 Å². The zero-order valence-electron chi connectivity index (χ0n) is 18.0. The predicted molar refractivity (Wildman–Crippen MR) is 127 cm³/mol. The van der Waals surface area contributed by atoms with Crippen LogP contribution < -0.4 is 0 Å². The summed E-state index contributed by atoms with van der Waals surface area (Å²) in [7, 11) is 0. The van der Waals surface area contributed by atoms with Gasteiger partial charge in [-0.1, -0.05) is 23.5 Å². The molecular formula is C18H8N6O12S2. The molecule has 0 bridgehead atoms. The Morgan fingerprint density at radius 3 is 1.00 bits per heavy atom. The highest BCUT2D eigenvalue weighted by atomic mass is 32.2. The molecule has 0 aliphatic rings. The summed E-state index contributed by atoms with van der Waals surface area (Å²) in [6, 6.07) is 6.51. The van der Waals surface area contributed by atoms with Crippen LogP contribution in [0.1, 0.15) is 0 Å². The number of benzene rings is 3. The molecule has 0 aliphatic carbocycles. The van der Waals surface area contributed by atoms with Crippen LogP contribution in [0.2, 0.25) is 0 Å². The topological polar surface area (TPSA) is 259 Å². The lowest BCUT2D eigenvalue weighted by molar-refractivity contribution is -0.397. The van der Waals surface area contributed by atoms with Crippen LogP contribution in [0.15, 0.2) is 68.1 Å². The third-order valence-electron chi connectivity index (χ3n) is 4.57. The summed E-state index contributed by atoms with van der Waals surface area (Å²) < 4.78 is 0. The molecular weight excluding hydrogens is 556 g/mol. The molecule has 20 heteroatoms. The zero-order valence-corrected chi connectivity index (χ0v) is 19.7. The average Bonchev–Trinajstić information content (AvgIpc) is 2.83. The summed E-state index contributed by atoms with van der Waals surface area (Å²) in [6.07, 6.45) is 0. The van der Waals surface area contributed by atoms with Gasteiger partial charge in [-0.3, -0.25) is 60.7 Å². The van der Waals surface area contributed by atoms with Crippen molar-refractivity contribution in [2.75, 3.05) is 0 Å². The van der Waals surface area contributed by atoms with Gasteiger partial charge in [0.05, 0.1) is 67.3 Å². The number of rotatable bonds is 10. The monoisotopic (exact) mass is 564 g/mol. The fourth-order valence-electron chi connectivity index (χ4n) is 2.92. The number of nitro groups is 6. The molecule has 0 radical (unpaired) electrons. The van der Waals surface area contributed by atoms with Gasteiger partial charge in [-0.25, -0.2) is 0 Å². The average molecular weight is 564 g/mol. The predicted octanol–water partition coefficient (Wildman–Crippen LogP) is 5.44. The van der Waals surface area contributed by atoms with Gasteiger partial charge in [-0.15, -0.1) is 0 Å². The summed E-state index contributed by atoms with van der Waals surface area (Å²) in [5.41, 5.74) is -4.45. The van der Waals surface area contributed by atoms with Gasteiger partial charge in [-0.05, 0) is 18.2 Å². The molecule has 3 aromatic rings. The largest absolute Gasteiger partial charge is 0.290 e. The van der Waals surface area contributed by atoms with E-state index in [0.717, 1.165) is 30.3 Å². The third-order valence-corrected chi connectivity index (χ3v) is 6.80. The van der Waals surface area contributed by atoms with Crippen LogP contribution in [-0.4, -0.2) is 29.5 Å². The lowest BCUT2D eigenvalue weighted by Crippen LogP contribution is -1.99. The second kappa shape index (κ2) is 10.8. The molecule has 0 fully saturated rings. The number of hydrogen-bond donors (Lipinski definition) is 0. The molecule has 3 aromatic carbocycles. The number of non-ortho nitro benzene ring substituents is 2. The fraction of sp³-hybridized carbons (Fsp3) is 0. The van der Waals surface area contributed by atoms with Crippen LogP contribution in [0, 0.1) is 60.7 Å². The summed E-state index contributed by atoms with van der Waals surface area (Å²) in [5.74, 6) is 0. The van der Waals surface area contributed by atoms with Crippen LogP contribution >= 0.6 is 23.5 Å². The molecule has 0 saturated carbocycles. The van der Waals surface area contributed by atoms with Crippen molar-refractivity contribution >= 4 is 57.6 Å². The molecule has 0 aromatic heterocycles. The summed E-state index contributed by atoms with van der Waals surface area (Å²) in [5, 5.41) is 68.2. The van der Waals surface area contributed by atoms with E-state index in [1.807, 2.05) is 0 Å². The van der Waals surface area contributed by atoms with Crippen molar-refractivity contribution in [2.45, 2.75) is 19.6 Å². The first-order valence-corrected chi connectivity index (χ1v) is 11.1. The van der Waals surface area contributed by atoms with E-state index in [0.29, 0.717) is 41.7 Å². The molecule has 194 valence electrons. The van der Waals surface area contributed by atoms with Crippen LogP contribution in [0.4, 0.5) is 34.1 Å². The second-order valence-electron chi connectivity index (χ2n) is 6.84. The van der Waals surface area contributed by atoms with E-state index >= 15 is 0 Å². The maximum absolute atomic E-state index is 11.6. The van der Waals surface area contributed by atoms with Crippen LogP contribution in [-0.2, 0) is 0 Å². The van der Waals surface area contributed by atoms with E-state index in [1.165, 1.54) is 0 Å². The minimum atomic E-state index is -0.991. The van der Waals surface area contributed by atoms with Gasteiger partial charge in [0.15, 0.2) is 0 Å². The molecule has 0 unspecified atom stereocenters. The summed E-state index contributed by atoms with van der Waals surface area (Å²) in [4.78, 5) is 61.3. The molecule has 0 N–H and O–H groups in total. The Bertz CT molecular complexity index is 1450. The van der Waals surface area contributed by atoms with Crippen molar-refractivity contribution < 1.29 is 29.5 Å². The molecule has 0 amide bonds. The van der Waals surface area contributed by atoms with E-state index < -0.39 is 63.7 Å². The SMILES string of the molecule is O=[N+]([O-])c1ccc(Sc2cc(Sc3ccc([N+](=O)[O-])cc3[N+](=O)[O-])c([N+](=O)[O-])cc2[N+](=O)[O-])c([N+](=O)[O-])c1. The molecule has 0 atom stereocenters. The van der Waals surface area contributed by atoms with Crippen molar-refractivity contribution in [3.8, 4) is 0 Å². The highest BCUT2D eigenvalue weighted by molar-refractivity contribution is 8.00. The maximum atomic E-state index is 11.6. The Hall–Kier alpha value is -5.24. The van der Waals surface area contributed by atoms with Crippen molar-refractivity contribution in [1.29, 1.82) is 0 Å². The standard InChI is InChI=1S/C18H8N6O12S2/c25-19(26)9-1-3-15(11(5-9)21(29)30)37-17-8-18(14(24(35)36)7-13(17)23(33)34)38-16-4-2-10(20(27)28)6-12(16)22(31)32/h1-8H. The van der Waals surface area contributed by atoms with Gasteiger partial charge in [0, 0.05) is 12.1 Å². The molecule has 0 spiro atoms. The van der Waals surface area contributed by atoms with Gasteiger partial charge >= 0.3 is 0 Å². The van der Waals surface area contributed by atoms with Gasteiger partial charge in [0.1, 0.15) is 0 Å². The van der Waals surface area contributed by atoms with E-state index in [1.54, 1.807) is 0 Å². The lowest BCUT2D eigenvalue weighted by atomic mass is 10.3. The van der Waals surface area contributed by atoms with Gasteiger partial charge in [0.25, 0.3) is 34.1 Å². The zero-order chi connectivity index (χ0) is 28.3. The van der Waals surface area contributed by atoms with Crippen molar-refractivity contribution in [3.63, 3.8) is 0 Å². The highest BCUT2D eigenvalue weighted by Gasteiger charge is 2.30. The maximum Gasteiger partial charge on any atom is 0.290 e. The van der Waals surface area contributed by atoms with Gasteiger partial charge in [-0.2, -0.15) is 0 Å². The van der Waals surface area contributed by atoms with Crippen molar-refractivity contribution in [1.82, 2.24) is 0 Å². The fourth-order valence-corrected chi connectivity index (χ4v) is 5.05. The first-order valence-electron chi connectivity index (χ1n) is 9.48. The van der Waals surface area contributed by atoms with Crippen molar-refractivity contribution in [2.24, 2.45) is 0 Å². The number of hydrogen-bond acceptors (Lipinski definition) is 14. The Labute approximate surface area is 216 Å². The van der Waals surface area contributed by atoms with E-state index in [-0.39, 0.29) is 19.6 Å². The van der Waals surface area contributed by atoms with Crippen molar-refractivity contribution in [3.05, 3.63) is 109 Å². The Morgan fingerprint density at radius 2 is 0.711 bits per heavy atom. The smallest absolute Gasteiger partial charge is 0.258 e. The third kappa shape index (κ3) is 5.76. The van der Waals surface area contributed by atoms with Crippen LogP contribution in [0.3, 0.4) is 0 Å². The lowest BCUT2D eigenvalue weighted by Gasteiger charge is -2.08. The molecule has 38 heavy (non-hydrogen) atoms. The minimum Gasteiger partial charge on any atom is -0.258 e. The number of nitro benzene ring substituents is 6. The second-order valence-corrected chi connectivity index (χ2v) is 9.01. The van der Waals surface area contributed by atoms with Crippen LogP contribution in [0.5, 0.6) is 0 Å². The first kappa shape index (κ1) is 27.3. The number of nitrogens with zero attached hydrogens (tertiary/aromatic N) is 6. The van der Waals surface area contributed by atoms with Crippen LogP contribution in [0.25, 0.3) is 0 Å². The van der Waals surface area contributed by atoms with Gasteiger partial charge in [0.2, 0.25) is 0 Å². The van der Waals surface area contributed by atoms with E-state index in [2.05, 4.69) is 0 Å². The van der Waals surface area contributed by atoms with E-state index in [9.17, 15) is 60.7 Å². The first-order chi connectivity index (χ1) is 17.8. The molecule has 0 aliphatic heterocycles. The quantitative estimate of drug-likeness (QED) is 0.219. The minimum absolute atomic E-state index is 0.269. The molecule has 0 heterocycles. The van der Waals surface area contributed by atoms with E-state index in [4.69, 9.17) is 0 Å². The molecule has 0 saturated heterocycles. The summed E-state index contributed by atoms with van der Waals surface area (Å²) >= 11 is 0.830. The molecule has 18 nitrogen and oxygen atoms in total. The highest BCUT2D eigenvalue weighted by Crippen LogP contribution is 2.47. The summed E-state index contributed by atoms with van der Waals surface area (Å²) in [6.45, 7) is 0. The molecule has 3 rings (SSSR count).